The number of nitrogens with zero attached hydrogens (tertiary/aromatic N) is 2. The number of nitrogens with one attached hydrogen (secondary N) is 1. The van der Waals surface area contributed by atoms with Crippen molar-refractivity contribution in [3.8, 4) is 5.75 Å². The molecule has 0 atom stereocenters. The van der Waals surface area contributed by atoms with Gasteiger partial charge in [0.2, 0.25) is 5.91 Å². The third-order valence-corrected chi connectivity index (χ3v) is 5.70. The summed E-state index contributed by atoms with van der Waals surface area (Å²) >= 11 is 1.55. The Bertz CT molecular complexity index is 835. The number of ether oxygens (including phenoxy) is 1. The molecule has 1 saturated heterocycles. The summed E-state index contributed by atoms with van der Waals surface area (Å²) in [6.45, 7) is 1.71. The van der Waals surface area contributed by atoms with Crippen LogP contribution in [-0.2, 0) is 15.3 Å². The van der Waals surface area contributed by atoms with Crippen LogP contribution in [0.4, 0.5) is 0 Å². The van der Waals surface area contributed by atoms with E-state index in [1.54, 1.807) is 30.1 Å². The molecule has 2 amide bonds. The molecule has 0 saturated carbocycles. The predicted molar refractivity (Wildman–Crippen MR) is 121 cm³/mol. The Morgan fingerprint density at radius 3 is 2.50 bits per heavy atom. The largest absolute Gasteiger partial charge is 0.484 e. The molecule has 6 nitrogen and oxygen atoms in total. The van der Waals surface area contributed by atoms with Crippen molar-refractivity contribution in [2.75, 3.05) is 25.4 Å². The van der Waals surface area contributed by atoms with E-state index in [1.807, 2.05) is 47.4 Å². The number of benzene rings is 2. The highest BCUT2D eigenvalue weighted by atomic mass is 32.2. The third-order valence-electron chi connectivity index (χ3n) is 4.70. The average molecular weight is 426 g/mol. The van der Waals surface area contributed by atoms with E-state index in [2.05, 4.69) is 10.5 Å². The van der Waals surface area contributed by atoms with Crippen molar-refractivity contribution in [2.45, 2.75) is 25.0 Å². The first-order valence-electron chi connectivity index (χ1n) is 10.1. The lowest BCUT2D eigenvalue weighted by Gasteiger charge is -2.26. The Labute approximate surface area is 181 Å². The second-order valence-corrected chi connectivity index (χ2v) is 8.06. The van der Waals surface area contributed by atoms with E-state index < -0.39 is 0 Å². The zero-order valence-electron chi connectivity index (χ0n) is 17.0. The van der Waals surface area contributed by atoms with Gasteiger partial charge in [-0.15, -0.1) is 11.8 Å². The fourth-order valence-electron chi connectivity index (χ4n) is 3.08. The summed E-state index contributed by atoms with van der Waals surface area (Å²) in [6, 6.07) is 17.3. The molecule has 0 aromatic heterocycles. The number of piperidine rings is 1. The Morgan fingerprint density at radius 2 is 1.77 bits per heavy atom. The number of hydrazone groups is 1. The number of amides is 2. The highest BCUT2D eigenvalue weighted by Crippen LogP contribution is 2.13. The molecule has 0 unspecified atom stereocenters. The van der Waals surface area contributed by atoms with Gasteiger partial charge in [-0.3, -0.25) is 9.59 Å². The average Bonchev–Trinajstić information content (AvgIpc) is 2.79. The minimum absolute atomic E-state index is 0.0354. The highest BCUT2D eigenvalue weighted by molar-refractivity contribution is 7.99. The maximum absolute atomic E-state index is 12.1. The van der Waals surface area contributed by atoms with Crippen LogP contribution < -0.4 is 10.2 Å². The van der Waals surface area contributed by atoms with E-state index in [0.717, 1.165) is 37.2 Å². The van der Waals surface area contributed by atoms with Gasteiger partial charge in [0.05, 0.1) is 12.0 Å². The molecule has 1 aliphatic heterocycles. The van der Waals surface area contributed by atoms with Gasteiger partial charge in [-0.2, -0.15) is 5.10 Å². The number of rotatable bonds is 9. The first-order valence-corrected chi connectivity index (χ1v) is 11.3. The normalized spacial score (nSPS) is 13.9. The lowest BCUT2D eigenvalue weighted by Crippen LogP contribution is -2.38. The van der Waals surface area contributed by atoms with Crippen LogP contribution >= 0.6 is 11.8 Å². The standard InChI is InChI=1S/C23H27N3O3S/c27-22(18-30-17-20-7-3-1-4-8-20)25-24-15-19-9-11-21(12-10-19)29-16-23(28)26-13-5-2-6-14-26/h1,3-4,7-12,15H,2,5-6,13-14,16-18H2,(H,25,27)/b24-15+. The SMILES string of the molecule is O=C(CSCc1ccccc1)N/N=C/c1ccc(OCC(=O)N2CCCCC2)cc1. The van der Waals surface area contributed by atoms with Gasteiger partial charge in [0.25, 0.3) is 5.91 Å². The maximum atomic E-state index is 12.1. The summed E-state index contributed by atoms with van der Waals surface area (Å²) in [5, 5.41) is 3.99. The van der Waals surface area contributed by atoms with Gasteiger partial charge < -0.3 is 9.64 Å². The number of carbonyl (C=O) groups excluding carboxylic acids is 2. The van der Waals surface area contributed by atoms with Crippen molar-refractivity contribution >= 4 is 29.8 Å². The van der Waals surface area contributed by atoms with Crippen molar-refractivity contribution < 1.29 is 14.3 Å². The molecule has 1 N–H and O–H groups in total. The van der Waals surface area contributed by atoms with E-state index in [1.165, 1.54) is 12.0 Å². The molecule has 0 aliphatic carbocycles. The van der Waals surface area contributed by atoms with E-state index in [4.69, 9.17) is 4.74 Å². The first-order chi connectivity index (χ1) is 14.7. The molecule has 7 heteroatoms. The van der Waals surface area contributed by atoms with Gasteiger partial charge in [-0.05, 0) is 54.7 Å². The number of likely N-dealkylation sites (tertiary alicyclic amines) is 1. The van der Waals surface area contributed by atoms with Crippen LogP contribution in [0.5, 0.6) is 5.75 Å². The van der Waals surface area contributed by atoms with E-state index in [9.17, 15) is 9.59 Å². The quantitative estimate of drug-likeness (QED) is 0.493. The zero-order chi connectivity index (χ0) is 21.0. The fraction of sp³-hybridized carbons (Fsp3) is 0.348. The van der Waals surface area contributed by atoms with Crippen molar-refractivity contribution in [3.63, 3.8) is 0 Å². The van der Waals surface area contributed by atoms with Gasteiger partial charge in [0.15, 0.2) is 6.61 Å². The van der Waals surface area contributed by atoms with Crippen LogP contribution in [0.3, 0.4) is 0 Å². The molecule has 0 radical (unpaired) electrons. The number of hydrogen-bond acceptors (Lipinski definition) is 5. The Morgan fingerprint density at radius 1 is 1.03 bits per heavy atom. The van der Waals surface area contributed by atoms with Crippen LogP contribution in [0.2, 0.25) is 0 Å². The van der Waals surface area contributed by atoms with Crippen LogP contribution in [0.25, 0.3) is 0 Å². The monoisotopic (exact) mass is 425 g/mol. The van der Waals surface area contributed by atoms with Crippen LogP contribution in [-0.4, -0.2) is 48.4 Å². The van der Waals surface area contributed by atoms with Gasteiger partial charge in [-0.25, -0.2) is 5.43 Å². The van der Waals surface area contributed by atoms with Gasteiger partial charge in [0, 0.05) is 18.8 Å². The molecule has 1 aliphatic rings. The Hall–Kier alpha value is -2.80. The Kier molecular flexibility index (Phi) is 8.78. The predicted octanol–water partition coefficient (Wildman–Crippen LogP) is 3.46. The lowest BCUT2D eigenvalue weighted by atomic mass is 10.1. The van der Waals surface area contributed by atoms with Crippen LogP contribution in [0.15, 0.2) is 59.7 Å². The molecule has 2 aromatic carbocycles. The summed E-state index contributed by atoms with van der Waals surface area (Å²) in [6.07, 6.45) is 4.92. The smallest absolute Gasteiger partial charge is 0.260 e. The van der Waals surface area contributed by atoms with E-state index in [0.29, 0.717) is 11.5 Å². The van der Waals surface area contributed by atoms with Gasteiger partial charge in [-0.1, -0.05) is 30.3 Å². The molecule has 30 heavy (non-hydrogen) atoms. The van der Waals surface area contributed by atoms with Crippen molar-refractivity contribution in [3.05, 3.63) is 65.7 Å². The van der Waals surface area contributed by atoms with E-state index >= 15 is 0 Å². The fourth-order valence-corrected chi connectivity index (χ4v) is 3.86. The van der Waals surface area contributed by atoms with E-state index in [-0.39, 0.29) is 18.4 Å². The molecule has 1 fully saturated rings. The number of hydrogen-bond donors (Lipinski definition) is 1. The molecule has 0 spiro atoms. The number of carbonyl (C=O) groups is 2. The highest BCUT2D eigenvalue weighted by Gasteiger charge is 2.16. The first kappa shape index (κ1) is 21.9. The molecule has 158 valence electrons. The second-order valence-electron chi connectivity index (χ2n) is 7.07. The van der Waals surface area contributed by atoms with Crippen molar-refractivity contribution in [2.24, 2.45) is 5.10 Å². The van der Waals surface area contributed by atoms with Crippen LogP contribution in [0.1, 0.15) is 30.4 Å². The topological polar surface area (TPSA) is 71.0 Å². The molecule has 3 rings (SSSR count). The lowest BCUT2D eigenvalue weighted by molar-refractivity contribution is -0.134. The summed E-state index contributed by atoms with van der Waals surface area (Å²) in [7, 11) is 0. The Balaban J connectivity index is 1.34. The minimum atomic E-state index is -0.136. The van der Waals surface area contributed by atoms with Crippen LogP contribution in [0, 0.1) is 0 Å². The minimum Gasteiger partial charge on any atom is -0.484 e. The summed E-state index contributed by atoms with van der Waals surface area (Å²) in [5.41, 5.74) is 4.57. The molecular formula is C23H27N3O3S. The summed E-state index contributed by atoms with van der Waals surface area (Å²) < 4.78 is 5.59. The van der Waals surface area contributed by atoms with Gasteiger partial charge in [0.1, 0.15) is 5.75 Å². The second kappa shape index (κ2) is 12.0. The number of thioether (sulfide) groups is 1. The molecular weight excluding hydrogens is 398 g/mol. The molecule has 1 heterocycles. The molecule has 2 aromatic rings. The summed E-state index contributed by atoms with van der Waals surface area (Å²) in [4.78, 5) is 25.9. The summed E-state index contributed by atoms with van der Waals surface area (Å²) in [5.74, 6) is 1.68. The maximum Gasteiger partial charge on any atom is 0.260 e. The van der Waals surface area contributed by atoms with Gasteiger partial charge >= 0.3 is 0 Å². The molecule has 0 bridgehead atoms. The zero-order valence-corrected chi connectivity index (χ0v) is 17.8. The van der Waals surface area contributed by atoms with Crippen molar-refractivity contribution in [1.29, 1.82) is 0 Å². The third kappa shape index (κ3) is 7.55. The van der Waals surface area contributed by atoms with Crippen molar-refractivity contribution in [1.82, 2.24) is 10.3 Å².